The third-order valence-corrected chi connectivity index (χ3v) is 7.08. The second-order valence-electron chi connectivity index (χ2n) is 9.27. The molecule has 34 heavy (non-hydrogen) atoms. The Labute approximate surface area is 207 Å². The Morgan fingerprint density at radius 2 is 1.53 bits per heavy atom. The SMILES string of the molecule is S=C(NCCN1CCOCC1)Nc1nc(N2CCCCCC2)cc(N2Cc3ccccc3C2)n1. The molecule has 5 rings (SSSR count). The molecule has 0 bridgehead atoms. The zero-order valence-electron chi connectivity index (χ0n) is 19.8. The van der Waals surface area contributed by atoms with Gasteiger partial charge in [0.2, 0.25) is 5.95 Å². The van der Waals surface area contributed by atoms with Crippen molar-refractivity contribution in [3.05, 3.63) is 41.5 Å². The summed E-state index contributed by atoms with van der Waals surface area (Å²) in [6.07, 6.45) is 4.99. The Bertz CT molecular complexity index is 948. The molecule has 0 spiro atoms. The zero-order chi connectivity index (χ0) is 23.2. The second kappa shape index (κ2) is 11.3. The molecule has 182 valence electrons. The molecule has 1 aromatic heterocycles. The third kappa shape index (κ3) is 5.95. The molecule has 8 nitrogen and oxygen atoms in total. The first kappa shape index (κ1) is 23.3. The van der Waals surface area contributed by atoms with Gasteiger partial charge < -0.3 is 25.2 Å². The lowest BCUT2D eigenvalue weighted by Crippen LogP contribution is -2.42. The number of hydrogen-bond acceptors (Lipinski definition) is 7. The summed E-state index contributed by atoms with van der Waals surface area (Å²) in [5, 5.41) is 7.15. The van der Waals surface area contributed by atoms with E-state index in [-0.39, 0.29) is 0 Å². The number of hydrogen-bond donors (Lipinski definition) is 2. The Balaban J connectivity index is 1.28. The van der Waals surface area contributed by atoms with Crippen LogP contribution in [0.5, 0.6) is 0 Å². The van der Waals surface area contributed by atoms with Gasteiger partial charge in [0.15, 0.2) is 5.11 Å². The molecule has 1 aromatic carbocycles. The third-order valence-electron chi connectivity index (χ3n) is 6.84. The van der Waals surface area contributed by atoms with Crippen molar-refractivity contribution < 1.29 is 4.74 Å². The van der Waals surface area contributed by atoms with Gasteiger partial charge in [0, 0.05) is 58.4 Å². The molecule has 9 heteroatoms. The minimum Gasteiger partial charge on any atom is -0.379 e. The van der Waals surface area contributed by atoms with Crippen LogP contribution in [0.2, 0.25) is 0 Å². The zero-order valence-corrected chi connectivity index (χ0v) is 20.7. The highest BCUT2D eigenvalue weighted by Gasteiger charge is 2.22. The van der Waals surface area contributed by atoms with Crippen LogP contribution in [0.15, 0.2) is 30.3 Å². The van der Waals surface area contributed by atoms with Crippen LogP contribution in [-0.2, 0) is 17.8 Å². The van der Waals surface area contributed by atoms with E-state index < -0.39 is 0 Å². The quantitative estimate of drug-likeness (QED) is 0.606. The normalized spacial score (nSPS) is 18.9. The summed E-state index contributed by atoms with van der Waals surface area (Å²) in [6, 6.07) is 10.8. The van der Waals surface area contributed by atoms with Gasteiger partial charge in [-0.3, -0.25) is 4.90 Å². The van der Waals surface area contributed by atoms with Gasteiger partial charge in [-0.2, -0.15) is 9.97 Å². The molecular weight excluding hydrogens is 446 g/mol. The molecule has 0 saturated carbocycles. The summed E-state index contributed by atoms with van der Waals surface area (Å²) in [7, 11) is 0. The number of rotatable bonds is 6. The predicted molar refractivity (Wildman–Crippen MR) is 141 cm³/mol. The van der Waals surface area contributed by atoms with E-state index >= 15 is 0 Å². The maximum absolute atomic E-state index is 5.59. The lowest BCUT2D eigenvalue weighted by atomic mass is 10.1. The van der Waals surface area contributed by atoms with Crippen molar-refractivity contribution in [2.24, 2.45) is 0 Å². The molecule has 2 fully saturated rings. The molecule has 3 aliphatic rings. The predicted octanol–water partition coefficient (Wildman–Crippen LogP) is 3.00. The summed E-state index contributed by atoms with van der Waals surface area (Å²) >= 11 is 5.59. The molecule has 2 aromatic rings. The molecule has 3 aliphatic heterocycles. The van der Waals surface area contributed by atoms with E-state index in [9.17, 15) is 0 Å². The van der Waals surface area contributed by atoms with E-state index in [1.54, 1.807) is 0 Å². The van der Waals surface area contributed by atoms with Crippen molar-refractivity contribution in [2.45, 2.75) is 38.8 Å². The topological polar surface area (TPSA) is 68.8 Å². The Hall–Kier alpha value is -2.49. The van der Waals surface area contributed by atoms with E-state index in [1.165, 1.54) is 36.8 Å². The van der Waals surface area contributed by atoms with E-state index in [0.29, 0.717) is 11.1 Å². The fraction of sp³-hybridized carbons (Fsp3) is 0.560. The number of morpholine rings is 1. The van der Waals surface area contributed by atoms with Gasteiger partial charge in [-0.1, -0.05) is 37.1 Å². The standard InChI is InChI=1S/C25H35N7OS/c34-25(26-9-12-30-13-15-33-16-14-30)29-24-27-22(31-10-5-1-2-6-11-31)17-23(28-24)32-18-20-7-3-4-8-21(20)19-32/h3-4,7-8,17H,1-2,5-6,9-16,18-19H2,(H2,26,27,28,29,34). The van der Waals surface area contributed by atoms with Crippen LogP contribution in [-0.4, -0.2) is 72.5 Å². The van der Waals surface area contributed by atoms with Crippen molar-refractivity contribution in [3.63, 3.8) is 0 Å². The van der Waals surface area contributed by atoms with E-state index in [0.717, 1.165) is 77.2 Å². The van der Waals surface area contributed by atoms with Crippen LogP contribution in [0.25, 0.3) is 0 Å². The molecule has 4 heterocycles. The van der Waals surface area contributed by atoms with Gasteiger partial charge in [0.1, 0.15) is 11.6 Å². The number of fused-ring (bicyclic) bond motifs is 1. The van der Waals surface area contributed by atoms with Crippen LogP contribution in [0.4, 0.5) is 17.6 Å². The number of ether oxygens (including phenoxy) is 1. The van der Waals surface area contributed by atoms with Crippen molar-refractivity contribution >= 4 is 34.9 Å². The minimum atomic E-state index is 0.566. The van der Waals surface area contributed by atoms with Crippen LogP contribution in [0.3, 0.4) is 0 Å². The summed E-state index contributed by atoms with van der Waals surface area (Å²) in [4.78, 5) is 16.9. The second-order valence-corrected chi connectivity index (χ2v) is 9.68. The molecule has 0 atom stereocenters. The molecule has 0 unspecified atom stereocenters. The van der Waals surface area contributed by atoms with Gasteiger partial charge in [0.25, 0.3) is 0 Å². The molecule has 0 amide bonds. The van der Waals surface area contributed by atoms with Crippen molar-refractivity contribution in [3.8, 4) is 0 Å². The van der Waals surface area contributed by atoms with Gasteiger partial charge in [-0.05, 0) is 36.2 Å². The van der Waals surface area contributed by atoms with Crippen LogP contribution < -0.4 is 20.4 Å². The molecule has 0 radical (unpaired) electrons. The number of aromatic nitrogens is 2. The maximum atomic E-state index is 5.59. The fourth-order valence-corrected chi connectivity index (χ4v) is 5.09. The Morgan fingerprint density at radius 1 is 0.882 bits per heavy atom. The van der Waals surface area contributed by atoms with E-state index in [1.807, 2.05) is 0 Å². The van der Waals surface area contributed by atoms with Crippen molar-refractivity contribution in [2.75, 3.05) is 67.6 Å². The number of nitrogens with one attached hydrogen (secondary N) is 2. The van der Waals surface area contributed by atoms with Gasteiger partial charge in [-0.25, -0.2) is 0 Å². The largest absolute Gasteiger partial charge is 0.379 e. The number of nitrogens with zero attached hydrogens (tertiary/aromatic N) is 5. The number of benzene rings is 1. The molecular formula is C25H35N7OS. The molecule has 2 saturated heterocycles. The smallest absolute Gasteiger partial charge is 0.232 e. The average molecular weight is 482 g/mol. The van der Waals surface area contributed by atoms with Crippen LogP contribution >= 0.6 is 12.2 Å². The Kier molecular flexibility index (Phi) is 7.72. The average Bonchev–Trinajstić information content (AvgIpc) is 3.11. The molecule has 2 N–H and O–H groups in total. The number of anilines is 3. The van der Waals surface area contributed by atoms with Crippen LogP contribution in [0, 0.1) is 0 Å². The first-order valence-electron chi connectivity index (χ1n) is 12.6. The minimum absolute atomic E-state index is 0.566. The highest BCUT2D eigenvalue weighted by atomic mass is 32.1. The lowest BCUT2D eigenvalue weighted by Gasteiger charge is -2.27. The summed E-state index contributed by atoms with van der Waals surface area (Å²) < 4.78 is 5.42. The fourth-order valence-electron chi connectivity index (χ4n) is 4.89. The van der Waals surface area contributed by atoms with Gasteiger partial charge >= 0.3 is 0 Å². The summed E-state index contributed by atoms with van der Waals surface area (Å²) in [5.74, 6) is 2.50. The van der Waals surface area contributed by atoms with Gasteiger partial charge in [-0.15, -0.1) is 0 Å². The maximum Gasteiger partial charge on any atom is 0.232 e. The highest BCUT2D eigenvalue weighted by molar-refractivity contribution is 7.80. The first-order chi connectivity index (χ1) is 16.7. The Morgan fingerprint density at radius 3 is 2.21 bits per heavy atom. The molecule has 0 aliphatic carbocycles. The van der Waals surface area contributed by atoms with Crippen molar-refractivity contribution in [1.29, 1.82) is 0 Å². The van der Waals surface area contributed by atoms with Crippen molar-refractivity contribution in [1.82, 2.24) is 20.2 Å². The number of thiocarbonyl (C=S) groups is 1. The summed E-state index contributed by atoms with van der Waals surface area (Å²) in [6.45, 7) is 9.11. The summed E-state index contributed by atoms with van der Waals surface area (Å²) in [5.41, 5.74) is 2.74. The monoisotopic (exact) mass is 481 g/mol. The highest BCUT2D eigenvalue weighted by Crippen LogP contribution is 2.30. The van der Waals surface area contributed by atoms with Gasteiger partial charge in [0.05, 0.1) is 13.2 Å². The first-order valence-corrected chi connectivity index (χ1v) is 13.0. The van der Waals surface area contributed by atoms with E-state index in [2.05, 4.69) is 55.7 Å². The lowest BCUT2D eigenvalue weighted by molar-refractivity contribution is 0.0389. The van der Waals surface area contributed by atoms with Crippen LogP contribution in [0.1, 0.15) is 36.8 Å². The van der Waals surface area contributed by atoms with E-state index in [4.69, 9.17) is 26.9 Å².